The van der Waals surface area contributed by atoms with Crippen molar-refractivity contribution in [2.45, 2.75) is 38.5 Å². The molecule has 1 heterocycles. The van der Waals surface area contributed by atoms with Crippen LogP contribution >= 0.6 is 0 Å². The fourth-order valence-corrected chi connectivity index (χ4v) is 2.38. The third-order valence-electron chi connectivity index (χ3n) is 3.21. The number of halogens is 1. The van der Waals surface area contributed by atoms with Crippen LogP contribution in [-0.4, -0.2) is 28.9 Å². The van der Waals surface area contributed by atoms with Gasteiger partial charge in [-0.3, -0.25) is 0 Å². The Kier molecular flexibility index (Phi) is 5.55. The lowest BCUT2D eigenvalue weighted by molar-refractivity contribution is -1.92. The van der Waals surface area contributed by atoms with Crippen molar-refractivity contribution in [2.24, 2.45) is 0 Å². The van der Waals surface area contributed by atoms with E-state index in [9.17, 15) is 0 Å². The summed E-state index contributed by atoms with van der Waals surface area (Å²) < 4.78 is 32.7. The van der Waals surface area contributed by atoms with E-state index in [4.69, 9.17) is 24.0 Å². The number of hydrogen-bond acceptors (Lipinski definition) is 6. The molecule has 0 atom stereocenters. The maximum absolute atomic E-state index is 8.60. The van der Waals surface area contributed by atoms with Crippen molar-refractivity contribution in [3.8, 4) is 0 Å². The van der Waals surface area contributed by atoms with Gasteiger partial charge in [-0.05, 0) is 31.3 Å². The summed E-state index contributed by atoms with van der Waals surface area (Å²) in [6, 6.07) is 0. The van der Waals surface area contributed by atoms with Gasteiger partial charge in [0.25, 0.3) is 0 Å². The van der Waals surface area contributed by atoms with Crippen LogP contribution in [0.1, 0.15) is 38.5 Å². The summed E-state index contributed by atoms with van der Waals surface area (Å²) in [6.07, 6.45) is 7.25. The summed E-state index contributed by atoms with van der Waals surface area (Å²) >= 11 is 0. The lowest BCUT2D eigenvalue weighted by Gasteiger charge is -2.30. The van der Waals surface area contributed by atoms with Gasteiger partial charge in [-0.2, -0.15) is 14.0 Å². The smallest absolute Gasteiger partial charge is 0.0777 e. The van der Waals surface area contributed by atoms with Gasteiger partial charge in [0, 0.05) is 31.4 Å². The van der Waals surface area contributed by atoms with E-state index in [1.165, 1.54) is 37.0 Å². The predicted octanol–water partition coefficient (Wildman–Crippen LogP) is -1.56. The molecule has 2 rings (SSSR count). The maximum atomic E-state index is 8.60. The molecule has 0 saturated carbocycles. The Morgan fingerprint density at radius 2 is 1.67 bits per heavy atom. The fourth-order valence-electron chi connectivity index (χ4n) is 2.38. The van der Waals surface area contributed by atoms with Gasteiger partial charge in [0.1, 0.15) is 0 Å². The highest BCUT2D eigenvalue weighted by Gasteiger charge is 2.22. The Morgan fingerprint density at radius 3 is 2.28 bits per heavy atom. The van der Waals surface area contributed by atoms with Gasteiger partial charge < -0.3 is 10.3 Å². The standard InChI is InChI=1S/C11H18N2.ClHO4/c1-13-8-7-10(12)9-5-3-2-4-6-11(9)13;2-1(3,4)5/h12H,2-8H2,1H3;(H,2,3,4,5). The monoisotopic (exact) mass is 278 g/mol. The first kappa shape index (κ1) is 15.4. The first-order valence-electron chi connectivity index (χ1n) is 5.93. The van der Waals surface area contributed by atoms with Gasteiger partial charge in [0.2, 0.25) is 0 Å². The zero-order valence-electron chi connectivity index (χ0n) is 10.4. The van der Waals surface area contributed by atoms with E-state index in [0.29, 0.717) is 0 Å². The molecule has 104 valence electrons. The zero-order chi connectivity index (χ0) is 13.8. The predicted molar refractivity (Wildman–Crippen MR) is 57.3 cm³/mol. The number of allylic oxidation sites excluding steroid dienone is 2. The molecule has 0 saturated heterocycles. The van der Waals surface area contributed by atoms with Crippen LogP contribution in [0.4, 0.5) is 0 Å². The average molecular weight is 279 g/mol. The second kappa shape index (κ2) is 6.49. The molecular formula is C11H19ClN2O4. The molecule has 0 fully saturated rings. The van der Waals surface area contributed by atoms with Gasteiger partial charge in [-0.15, -0.1) is 0 Å². The van der Waals surface area contributed by atoms with E-state index in [1.54, 1.807) is 0 Å². The minimum absolute atomic E-state index is 0.912. The minimum Gasteiger partial charge on any atom is -0.377 e. The van der Waals surface area contributed by atoms with Gasteiger partial charge in [0.15, 0.2) is 0 Å². The summed E-state index contributed by atoms with van der Waals surface area (Å²) in [5, 5.41) is 7.92. The molecule has 6 nitrogen and oxygen atoms in total. The number of hydrogen-bond donors (Lipinski definition) is 2. The van der Waals surface area contributed by atoms with Crippen molar-refractivity contribution in [3.05, 3.63) is 11.3 Å². The van der Waals surface area contributed by atoms with E-state index >= 15 is 0 Å². The Balaban J connectivity index is 0.000000280. The molecule has 0 bridgehead atoms. The molecule has 0 spiro atoms. The molecule has 0 amide bonds. The van der Waals surface area contributed by atoms with Crippen molar-refractivity contribution in [1.29, 1.82) is 5.41 Å². The summed E-state index contributed by atoms with van der Waals surface area (Å²) in [5.41, 5.74) is 3.75. The molecule has 0 unspecified atom stereocenters. The van der Waals surface area contributed by atoms with Crippen LogP contribution in [0.25, 0.3) is 0 Å². The molecule has 0 aromatic carbocycles. The van der Waals surface area contributed by atoms with E-state index in [1.807, 2.05) is 0 Å². The van der Waals surface area contributed by atoms with Crippen molar-refractivity contribution in [1.82, 2.24) is 4.90 Å². The lowest BCUT2D eigenvalue weighted by Crippen LogP contribution is -2.58. The van der Waals surface area contributed by atoms with Crippen LogP contribution in [0, 0.1) is 15.7 Å². The van der Waals surface area contributed by atoms with Gasteiger partial charge in [0.05, 0.1) is 14.9 Å². The second-order valence-electron chi connectivity index (χ2n) is 4.53. The third-order valence-corrected chi connectivity index (χ3v) is 3.21. The molecule has 7 heteroatoms. The quantitative estimate of drug-likeness (QED) is 0.556. The van der Waals surface area contributed by atoms with Crippen molar-refractivity contribution >= 4 is 5.71 Å². The topological polar surface area (TPSA) is 117 Å². The van der Waals surface area contributed by atoms with Crippen LogP contribution in [0.3, 0.4) is 0 Å². The van der Waals surface area contributed by atoms with Gasteiger partial charge in [-0.1, -0.05) is 6.42 Å². The summed E-state index contributed by atoms with van der Waals surface area (Å²) in [4.78, 5) is 2.36. The molecule has 0 radical (unpaired) electrons. The molecular weight excluding hydrogens is 260 g/mol. The molecule has 0 aromatic heterocycles. The maximum Gasteiger partial charge on any atom is 0.0777 e. The Bertz CT molecular complexity index is 332. The second-order valence-corrected chi connectivity index (χ2v) is 5.32. The van der Waals surface area contributed by atoms with Crippen molar-refractivity contribution < 1.29 is 28.9 Å². The molecule has 2 aliphatic rings. The summed E-state index contributed by atoms with van der Waals surface area (Å²) in [7, 11) is -2.52. The van der Waals surface area contributed by atoms with Crippen LogP contribution in [0.5, 0.6) is 0 Å². The highest BCUT2D eigenvalue weighted by Crippen LogP contribution is 2.29. The van der Waals surface area contributed by atoms with E-state index < -0.39 is 10.2 Å². The highest BCUT2D eigenvalue weighted by atomic mass is 35.7. The molecule has 18 heavy (non-hydrogen) atoms. The van der Waals surface area contributed by atoms with Crippen LogP contribution < -0.4 is 14.0 Å². The van der Waals surface area contributed by atoms with Crippen LogP contribution in [0.15, 0.2) is 11.3 Å². The number of nitrogens with one attached hydrogen (secondary N) is 1. The Hall–Kier alpha value is -0.660. The number of nitrogens with zero attached hydrogens (tertiary/aromatic N) is 1. The third kappa shape index (κ3) is 5.32. The highest BCUT2D eigenvalue weighted by molar-refractivity contribution is 5.99. The minimum atomic E-state index is -4.69. The van der Waals surface area contributed by atoms with Crippen molar-refractivity contribution in [2.75, 3.05) is 13.6 Å². The van der Waals surface area contributed by atoms with Crippen molar-refractivity contribution in [3.63, 3.8) is 0 Å². The van der Waals surface area contributed by atoms with Crippen LogP contribution in [0.2, 0.25) is 0 Å². The lowest BCUT2D eigenvalue weighted by atomic mass is 9.96. The molecule has 2 N–H and O–H groups in total. The van der Waals surface area contributed by atoms with Gasteiger partial charge >= 0.3 is 0 Å². The SMILES string of the molecule is CN1CCC(=N)C2=C1CCCCC2.[O-][Cl+3]([O-])([O-])O. The Labute approximate surface area is 109 Å². The average Bonchev–Trinajstić information content (AvgIpc) is 2.47. The van der Waals surface area contributed by atoms with E-state index in [2.05, 4.69) is 11.9 Å². The molecule has 0 aromatic rings. The van der Waals surface area contributed by atoms with Crippen LogP contribution in [-0.2, 0) is 0 Å². The summed E-state index contributed by atoms with van der Waals surface area (Å²) in [6.45, 7) is 1.05. The van der Waals surface area contributed by atoms with E-state index in [0.717, 1.165) is 25.1 Å². The number of rotatable bonds is 0. The normalized spacial score (nSPS) is 20.9. The first-order valence-corrected chi connectivity index (χ1v) is 7.19. The van der Waals surface area contributed by atoms with Gasteiger partial charge in [-0.25, -0.2) is 0 Å². The largest absolute Gasteiger partial charge is 0.377 e. The zero-order valence-corrected chi connectivity index (χ0v) is 11.2. The summed E-state index contributed by atoms with van der Waals surface area (Å²) in [5.74, 6) is 0. The Morgan fingerprint density at radius 1 is 1.11 bits per heavy atom. The van der Waals surface area contributed by atoms with E-state index in [-0.39, 0.29) is 0 Å². The molecule has 1 aliphatic carbocycles. The fraction of sp³-hybridized carbons (Fsp3) is 0.727. The first-order chi connectivity index (χ1) is 8.29. The molecule has 1 aliphatic heterocycles.